The zero-order chi connectivity index (χ0) is 6.57. The molecule has 0 radical (unpaired) electrons. The molecule has 0 rings (SSSR count). The van der Waals surface area contributed by atoms with Crippen LogP contribution < -0.4 is 0 Å². The maximum atomic E-state index is 10.4. The molecule has 0 saturated carbocycles. The van der Waals surface area contributed by atoms with Gasteiger partial charge in [0.2, 0.25) is 0 Å². The predicted octanol–water partition coefficient (Wildman–Crippen LogP) is 2.65. The molecule has 1 nitrogen and oxygen atoms in total. The SMILES string of the molecule is C.CCC(C)CC(C)=O. The molecule has 56 valence electrons. The lowest BCUT2D eigenvalue weighted by Gasteiger charge is -2.01. The molecule has 0 aliphatic carbocycles. The van der Waals surface area contributed by atoms with Crippen LogP contribution in [0, 0.1) is 5.92 Å². The third kappa shape index (κ3) is 7.67. The summed E-state index contributed by atoms with van der Waals surface area (Å²) in [5.41, 5.74) is 0. The van der Waals surface area contributed by atoms with E-state index in [1.165, 1.54) is 0 Å². The monoisotopic (exact) mass is 130 g/mol. The molecule has 0 aromatic carbocycles. The van der Waals surface area contributed by atoms with Gasteiger partial charge in [-0.2, -0.15) is 0 Å². The largest absolute Gasteiger partial charge is 0.300 e. The third-order valence-electron chi connectivity index (χ3n) is 1.33. The molecule has 1 atom stereocenters. The zero-order valence-electron chi connectivity index (χ0n) is 5.90. The highest BCUT2D eigenvalue weighted by Crippen LogP contribution is 2.05. The smallest absolute Gasteiger partial charge is 0.130 e. The van der Waals surface area contributed by atoms with Crippen molar-refractivity contribution < 1.29 is 4.79 Å². The van der Waals surface area contributed by atoms with Gasteiger partial charge in [-0.15, -0.1) is 0 Å². The van der Waals surface area contributed by atoms with Gasteiger partial charge in [0.1, 0.15) is 5.78 Å². The number of carbonyl (C=O) groups excluding carboxylic acids is 1. The molecule has 0 aromatic heterocycles. The van der Waals surface area contributed by atoms with E-state index in [0.29, 0.717) is 11.7 Å². The molecule has 0 spiro atoms. The normalized spacial score (nSPS) is 11.9. The Morgan fingerprint density at radius 3 is 2.11 bits per heavy atom. The summed E-state index contributed by atoms with van der Waals surface area (Å²) in [6, 6.07) is 0. The van der Waals surface area contributed by atoms with Crippen molar-refractivity contribution >= 4 is 5.78 Å². The molecule has 1 unspecified atom stereocenters. The van der Waals surface area contributed by atoms with Gasteiger partial charge in [0, 0.05) is 6.42 Å². The Morgan fingerprint density at radius 2 is 2.00 bits per heavy atom. The van der Waals surface area contributed by atoms with E-state index in [4.69, 9.17) is 0 Å². The van der Waals surface area contributed by atoms with E-state index in [1.807, 2.05) is 0 Å². The molecule has 0 saturated heterocycles. The molecule has 0 aliphatic rings. The first kappa shape index (κ1) is 11.5. The summed E-state index contributed by atoms with van der Waals surface area (Å²) in [4.78, 5) is 10.4. The van der Waals surface area contributed by atoms with Crippen molar-refractivity contribution in [2.75, 3.05) is 0 Å². The van der Waals surface area contributed by atoms with Crippen LogP contribution in [-0.4, -0.2) is 5.78 Å². The van der Waals surface area contributed by atoms with Crippen molar-refractivity contribution in [1.82, 2.24) is 0 Å². The van der Waals surface area contributed by atoms with Crippen LogP contribution >= 0.6 is 0 Å². The van der Waals surface area contributed by atoms with Gasteiger partial charge in [-0.25, -0.2) is 0 Å². The lowest BCUT2D eigenvalue weighted by molar-refractivity contribution is -0.117. The Kier molecular flexibility index (Phi) is 7.39. The molecule has 0 bridgehead atoms. The van der Waals surface area contributed by atoms with Gasteiger partial charge >= 0.3 is 0 Å². The van der Waals surface area contributed by atoms with E-state index in [2.05, 4.69) is 13.8 Å². The fourth-order valence-corrected chi connectivity index (χ4v) is 0.635. The van der Waals surface area contributed by atoms with E-state index in [-0.39, 0.29) is 7.43 Å². The zero-order valence-corrected chi connectivity index (χ0v) is 5.90. The highest BCUT2D eigenvalue weighted by atomic mass is 16.1. The maximum absolute atomic E-state index is 10.4. The highest BCUT2D eigenvalue weighted by molar-refractivity contribution is 5.75. The minimum Gasteiger partial charge on any atom is -0.300 e. The summed E-state index contributed by atoms with van der Waals surface area (Å²) in [5.74, 6) is 0.881. The van der Waals surface area contributed by atoms with E-state index in [9.17, 15) is 4.79 Å². The van der Waals surface area contributed by atoms with E-state index < -0.39 is 0 Å². The Morgan fingerprint density at radius 1 is 1.56 bits per heavy atom. The second-order valence-electron chi connectivity index (χ2n) is 2.42. The topological polar surface area (TPSA) is 17.1 Å². The molecule has 0 N–H and O–H groups in total. The minimum atomic E-state index is 0. The number of hydrogen-bond acceptors (Lipinski definition) is 1. The van der Waals surface area contributed by atoms with Gasteiger partial charge in [-0.3, -0.25) is 0 Å². The average Bonchev–Trinajstić information content (AvgIpc) is 1.65. The standard InChI is InChI=1S/C7H14O.CH4/c1-4-6(2)5-7(3)8;/h6H,4-5H2,1-3H3;1H4. The van der Waals surface area contributed by atoms with Crippen molar-refractivity contribution in [3.05, 3.63) is 0 Å². The van der Waals surface area contributed by atoms with Crippen LogP contribution in [0.5, 0.6) is 0 Å². The molecular formula is C8H18O. The van der Waals surface area contributed by atoms with Gasteiger partial charge in [0.05, 0.1) is 0 Å². The van der Waals surface area contributed by atoms with Crippen molar-refractivity contribution in [2.24, 2.45) is 5.92 Å². The highest BCUT2D eigenvalue weighted by Gasteiger charge is 2.00. The molecule has 9 heavy (non-hydrogen) atoms. The number of carbonyl (C=O) groups is 1. The number of rotatable bonds is 3. The summed E-state index contributed by atoms with van der Waals surface area (Å²) in [6.07, 6.45) is 1.86. The molecule has 0 fully saturated rings. The summed E-state index contributed by atoms with van der Waals surface area (Å²) in [7, 11) is 0. The Balaban J connectivity index is 0. The van der Waals surface area contributed by atoms with Crippen LogP contribution in [0.3, 0.4) is 0 Å². The van der Waals surface area contributed by atoms with Crippen LogP contribution in [0.1, 0.15) is 41.0 Å². The number of ketones is 1. The summed E-state index contributed by atoms with van der Waals surface area (Å²) in [5, 5.41) is 0. The first-order chi connectivity index (χ1) is 3.66. The minimum absolute atomic E-state index is 0. The van der Waals surface area contributed by atoms with Gasteiger partial charge < -0.3 is 4.79 Å². The molecule has 0 aliphatic heterocycles. The molecular weight excluding hydrogens is 112 g/mol. The Bertz CT molecular complexity index is 76.6. The summed E-state index contributed by atoms with van der Waals surface area (Å²) < 4.78 is 0. The second-order valence-corrected chi connectivity index (χ2v) is 2.42. The van der Waals surface area contributed by atoms with Crippen LogP contribution in [0.2, 0.25) is 0 Å². The van der Waals surface area contributed by atoms with Gasteiger partial charge in [0.25, 0.3) is 0 Å². The fraction of sp³-hybridized carbons (Fsp3) is 0.875. The predicted molar refractivity (Wildman–Crippen MR) is 41.5 cm³/mol. The third-order valence-corrected chi connectivity index (χ3v) is 1.33. The van der Waals surface area contributed by atoms with Gasteiger partial charge in [0.15, 0.2) is 0 Å². The van der Waals surface area contributed by atoms with Crippen molar-refractivity contribution in [2.45, 2.75) is 41.0 Å². The van der Waals surface area contributed by atoms with E-state index >= 15 is 0 Å². The van der Waals surface area contributed by atoms with Gasteiger partial charge in [-0.05, 0) is 12.8 Å². The van der Waals surface area contributed by atoms with E-state index in [0.717, 1.165) is 12.8 Å². The maximum Gasteiger partial charge on any atom is 0.130 e. The lowest BCUT2D eigenvalue weighted by Crippen LogP contribution is -1.98. The first-order valence-corrected chi connectivity index (χ1v) is 3.16. The fourth-order valence-electron chi connectivity index (χ4n) is 0.635. The molecule has 1 heteroatoms. The second kappa shape index (κ2) is 5.80. The summed E-state index contributed by atoms with van der Waals surface area (Å²) >= 11 is 0. The average molecular weight is 130 g/mol. The Hall–Kier alpha value is -0.330. The number of Topliss-reactive ketones (excluding diaryl/α,β-unsaturated/α-hetero) is 1. The Labute approximate surface area is 58.5 Å². The molecule has 0 amide bonds. The molecule has 0 aromatic rings. The van der Waals surface area contributed by atoms with Crippen molar-refractivity contribution in [3.8, 4) is 0 Å². The molecule has 0 heterocycles. The van der Waals surface area contributed by atoms with Crippen molar-refractivity contribution in [3.63, 3.8) is 0 Å². The lowest BCUT2D eigenvalue weighted by atomic mass is 10.0. The van der Waals surface area contributed by atoms with Crippen LogP contribution in [0.4, 0.5) is 0 Å². The van der Waals surface area contributed by atoms with Crippen LogP contribution in [0.15, 0.2) is 0 Å². The van der Waals surface area contributed by atoms with Crippen LogP contribution in [-0.2, 0) is 4.79 Å². The first-order valence-electron chi connectivity index (χ1n) is 3.16. The summed E-state index contributed by atoms with van der Waals surface area (Å²) in [6.45, 7) is 5.85. The van der Waals surface area contributed by atoms with Crippen molar-refractivity contribution in [1.29, 1.82) is 0 Å². The van der Waals surface area contributed by atoms with E-state index in [1.54, 1.807) is 6.92 Å². The quantitative estimate of drug-likeness (QED) is 0.574. The van der Waals surface area contributed by atoms with Gasteiger partial charge in [-0.1, -0.05) is 27.7 Å². The number of hydrogen-bond donors (Lipinski definition) is 0. The van der Waals surface area contributed by atoms with Crippen LogP contribution in [0.25, 0.3) is 0 Å².